The van der Waals surface area contributed by atoms with Gasteiger partial charge in [-0.25, -0.2) is 0 Å². The Balaban J connectivity index is -0.0000000400. The third kappa shape index (κ3) is 214. The van der Waals surface area contributed by atoms with Gasteiger partial charge in [-0.15, -0.1) is 5.88 Å². The topological polar surface area (TPSA) is 14.1 Å². The number of nitrogens with zero attached hydrogens (tertiary/aromatic N) is 1. The van der Waals surface area contributed by atoms with Gasteiger partial charge in [-0.05, 0) is 0 Å². The molecule has 0 aliphatic rings. The maximum absolute atomic E-state index is 4.89. The van der Waals surface area contributed by atoms with Gasteiger partial charge in [0, 0.05) is 0 Å². The zero-order chi connectivity index (χ0) is 5.41. The van der Waals surface area contributed by atoms with Crippen LogP contribution in [0.25, 0.3) is 5.32 Å². The molecular formula is C4H10ClNZn. The molecule has 0 spiro atoms. The minimum Gasteiger partial charge on any atom is -0.668 e. The molecule has 1 nitrogen and oxygen atoms in total. The Labute approximate surface area is 63.6 Å². The minimum atomic E-state index is 0. The summed E-state index contributed by atoms with van der Waals surface area (Å²) in [6, 6.07) is 0. The maximum atomic E-state index is 4.89. The molecule has 0 unspecified atom stereocenters. The average Bonchev–Trinajstić information content (AvgIpc) is 1.39. The standard InChI is InChI=1S/C2H4Cl.C2H6N.Zn/c1-2-3;1-3-2;/h1-2H2;1-2H3;/q2*-1;+2. The van der Waals surface area contributed by atoms with E-state index < -0.39 is 0 Å². The van der Waals surface area contributed by atoms with Gasteiger partial charge >= 0.3 is 19.5 Å². The third-order valence-corrected chi connectivity index (χ3v) is 0. The van der Waals surface area contributed by atoms with Crippen LogP contribution in [-0.4, -0.2) is 20.0 Å². The van der Waals surface area contributed by atoms with Gasteiger partial charge in [0.1, 0.15) is 0 Å². The molecule has 0 aromatic carbocycles. The largest absolute Gasteiger partial charge is 2.00 e. The van der Waals surface area contributed by atoms with Crippen molar-refractivity contribution in [1.29, 1.82) is 0 Å². The van der Waals surface area contributed by atoms with E-state index in [1.165, 1.54) is 0 Å². The van der Waals surface area contributed by atoms with Crippen LogP contribution < -0.4 is 0 Å². The first-order valence-electron chi connectivity index (χ1n) is 1.66. The summed E-state index contributed by atoms with van der Waals surface area (Å²) in [6.07, 6.45) is 0. The molecular weight excluding hydrogens is 163 g/mol. The van der Waals surface area contributed by atoms with Gasteiger partial charge < -0.3 is 12.2 Å². The van der Waals surface area contributed by atoms with Crippen LogP contribution in [0.4, 0.5) is 0 Å². The van der Waals surface area contributed by atoms with Crippen molar-refractivity contribution in [1.82, 2.24) is 0 Å². The molecule has 0 aliphatic heterocycles. The second-order valence-electron chi connectivity index (χ2n) is 0.636. The third-order valence-electron chi connectivity index (χ3n) is 0. The summed E-state index contributed by atoms with van der Waals surface area (Å²) in [6.45, 7) is 3.25. The predicted octanol–water partition coefficient (Wildman–Crippen LogP) is 1.68. The summed E-state index contributed by atoms with van der Waals surface area (Å²) < 4.78 is 0. The number of hydrogen-bond donors (Lipinski definition) is 0. The van der Waals surface area contributed by atoms with Gasteiger partial charge in [-0.2, -0.15) is 25.7 Å². The van der Waals surface area contributed by atoms with E-state index in [2.05, 4.69) is 12.2 Å². The predicted molar refractivity (Wildman–Crippen MR) is 31.3 cm³/mol. The first kappa shape index (κ1) is 15.7. The van der Waals surface area contributed by atoms with Crippen molar-refractivity contribution in [2.24, 2.45) is 0 Å². The van der Waals surface area contributed by atoms with Crippen molar-refractivity contribution in [3.05, 3.63) is 12.2 Å². The fourth-order valence-corrected chi connectivity index (χ4v) is 0. The van der Waals surface area contributed by atoms with E-state index in [1.807, 2.05) is 0 Å². The molecule has 40 valence electrons. The molecule has 0 fully saturated rings. The normalized spacial score (nSPS) is 5.14. The van der Waals surface area contributed by atoms with Gasteiger partial charge in [0.25, 0.3) is 0 Å². The van der Waals surface area contributed by atoms with Crippen LogP contribution in [0.5, 0.6) is 0 Å². The molecule has 0 atom stereocenters. The molecule has 0 aromatic heterocycles. The van der Waals surface area contributed by atoms with E-state index in [9.17, 15) is 0 Å². The van der Waals surface area contributed by atoms with Gasteiger partial charge in [-0.3, -0.25) is 0 Å². The van der Waals surface area contributed by atoms with Crippen LogP contribution in [0.2, 0.25) is 0 Å². The SMILES string of the molecule is C[N-]C.[CH2-]CCl.[Zn+2]. The number of halogens is 1. The zero-order valence-corrected chi connectivity index (χ0v) is 8.67. The molecule has 0 aliphatic carbocycles. The fourth-order valence-electron chi connectivity index (χ4n) is 0. The molecule has 0 N–H and O–H groups in total. The minimum absolute atomic E-state index is 0. The van der Waals surface area contributed by atoms with Crippen molar-refractivity contribution in [3.8, 4) is 0 Å². The van der Waals surface area contributed by atoms with E-state index in [-0.39, 0.29) is 19.5 Å². The summed E-state index contributed by atoms with van der Waals surface area (Å²) in [7, 11) is 3.50. The van der Waals surface area contributed by atoms with Crippen molar-refractivity contribution in [3.63, 3.8) is 0 Å². The molecule has 0 bridgehead atoms. The first-order valence-corrected chi connectivity index (χ1v) is 2.20. The average molecular weight is 173 g/mol. The molecule has 0 heterocycles. The quantitative estimate of drug-likeness (QED) is 0.300. The Morgan fingerprint density at radius 2 is 1.57 bits per heavy atom. The first-order chi connectivity index (χ1) is 2.83. The monoisotopic (exact) mass is 171 g/mol. The van der Waals surface area contributed by atoms with Crippen LogP contribution >= 0.6 is 11.6 Å². The summed E-state index contributed by atoms with van der Waals surface area (Å²) in [5.74, 6) is 0.472. The van der Waals surface area contributed by atoms with Gasteiger partial charge in [-0.1, -0.05) is 0 Å². The van der Waals surface area contributed by atoms with Crippen LogP contribution in [0, 0.1) is 6.92 Å². The van der Waals surface area contributed by atoms with Crippen LogP contribution in [-0.2, 0) is 19.5 Å². The Morgan fingerprint density at radius 3 is 1.57 bits per heavy atom. The molecule has 0 saturated heterocycles. The fraction of sp³-hybridized carbons (Fsp3) is 0.750. The molecule has 0 radical (unpaired) electrons. The number of alkyl halides is 1. The van der Waals surface area contributed by atoms with E-state index in [4.69, 9.17) is 11.6 Å². The van der Waals surface area contributed by atoms with E-state index in [0.29, 0.717) is 5.88 Å². The van der Waals surface area contributed by atoms with Crippen molar-refractivity contribution in [2.75, 3.05) is 20.0 Å². The Hall–Kier alpha value is 0.873. The van der Waals surface area contributed by atoms with Gasteiger partial charge in [0.15, 0.2) is 0 Å². The molecule has 0 saturated carbocycles. The maximum Gasteiger partial charge on any atom is 2.00 e. The zero-order valence-electron chi connectivity index (χ0n) is 4.95. The molecule has 0 aromatic rings. The van der Waals surface area contributed by atoms with E-state index in [0.717, 1.165) is 0 Å². The van der Waals surface area contributed by atoms with Crippen molar-refractivity contribution in [2.45, 2.75) is 0 Å². The summed E-state index contributed by atoms with van der Waals surface area (Å²) in [5, 5.41) is 3.50. The Kier molecular flexibility index (Phi) is 64.3. The van der Waals surface area contributed by atoms with Crippen LogP contribution in [0.15, 0.2) is 0 Å². The number of hydrogen-bond acceptors (Lipinski definition) is 0. The molecule has 7 heavy (non-hydrogen) atoms. The van der Waals surface area contributed by atoms with E-state index >= 15 is 0 Å². The molecule has 0 rings (SSSR count). The number of rotatable bonds is 0. The molecule has 3 heteroatoms. The van der Waals surface area contributed by atoms with Crippen molar-refractivity contribution >= 4 is 11.6 Å². The summed E-state index contributed by atoms with van der Waals surface area (Å²) in [5.41, 5.74) is 0. The van der Waals surface area contributed by atoms with Gasteiger partial charge in [0.2, 0.25) is 0 Å². The second-order valence-corrected chi connectivity index (χ2v) is 1.01. The van der Waals surface area contributed by atoms with E-state index in [1.54, 1.807) is 14.1 Å². The molecule has 0 amide bonds. The Bertz CT molecular complexity index is 13.7. The Morgan fingerprint density at radius 1 is 1.57 bits per heavy atom. The van der Waals surface area contributed by atoms with Crippen LogP contribution in [0.3, 0.4) is 0 Å². The summed E-state index contributed by atoms with van der Waals surface area (Å²) in [4.78, 5) is 0. The van der Waals surface area contributed by atoms with Crippen molar-refractivity contribution < 1.29 is 19.5 Å². The van der Waals surface area contributed by atoms with Crippen LogP contribution in [0.1, 0.15) is 0 Å². The summed E-state index contributed by atoms with van der Waals surface area (Å²) >= 11 is 4.89. The second kappa shape index (κ2) is 28.7. The van der Waals surface area contributed by atoms with Gasteiger partial charge in [0.05, 0.1) is 0 Å². The smallest absolute Gasteiger partial charge is 0.668 e.